The van der Waals surface area contributed by atoms with Crippen molar-refractivity contribution >= 4 is 5.69 Å². The van der Waals surface area contributed by atoms with Gasteiger partial charge < -0.3 is 15.4 Å². The molecule has 1 aromatic rings. The standard InChI is InChI=1S/C20H28F3NO.C2H5N/c1-5-7-8-9-17(4)24(15-20(21,22)23)18-10-12-19(13-11-18)25-14-16(3)6-2;1-2-3/h8-13,16H,4-7,14-15H2,1-3H3;2H,1,3H2/b9-8+;. The van der Waals surface area contributed by atoms with Crippen molar-refractivity contribution in [3.63, 3.8) is 0 Å². The molecular weight excluding hydrogens is 365 g/mol. The SMILES string of the molecule is C=C(/C=C/CCC)N(CC(F)(F)F)c1ccc(OCC(C)CC)cc1.C=CN. The largest absolute Gasteiger partial charge is 0.493 e. The van der Waals surface area contributed by atoms with E-state index in [1.807, 2.05) is 13.0 Å². The first-order valence-corrected chi connectivity index (χ1v) is 9.43. The van der Waals surface area contributed by atoms with Gasteiger partial charge in [-0.3, -0.25) is 0 Å². The summed E-state index contributed by atoms with van der Waals surface area (Å²) in [6.45, 7) is 12.6. The first-order chi connectivity index (χ1) is 13.2. The monoisotopic (exact) mass is 398 g/mol. The minimum atomic E-state index is -4.31. The first-order valence-electron chi connectivity index (χ1n) is 9.43. The summed E-state index contributed by atoms with van der Waals surface area (Å²) in [5, 5.41) is 0. The predicted molar refractivity (Wildman–Crippen MR) is 112 cm³/mol. The van der Waals surface area contributed by atoms with Crippen molar-refractivity contribution in [2.45, 2.75) is 46.2 Å². The second-order valence-electron chi connectivity index (χ2n) is 6.44. The lowest BCUT2D eigenvalue weighted by Gasteiger charge is -2.26. The number of hydrogen-bond acceptors (Lipinski definition) is 3. The normalized spacial score (nSPS) is 12.1. The average Bonchev–Trinajstić information content (AvgIpc) is 2.64. The number of ether oxygens (including phenoxy) is 1. The Morgan fingerprint density at radius 3 is 2.29 bits per heavy atom. The van der Waals surface area contributed by atoms with Crippen LogP contribution in [0, 0.1) is 5.92 Å². The molecule has 6 heteroatoms. The van der Waals surface area contributed by atoms with Gasteiger partial charge in [0.25, 0.3) is 0 Å². The molecule has 28 heavy (non-hydrogen) atoms. The number of nitrogens with two attached hydrogens (primary N) is 1. The van der Waals surface area contributed by atoms with Crippen LogP contribution in [0.1, 0.15) is 40.0 Å². The highest BCUT2D eigenvalue weighted by Crippen LogP contribution is 2.27. The topological polar surface area (TPSA) is 38.5 Å². The van der Waals surface area contributed by atoms with Gasteiger partial charge in [-0.15, -0.1) is 0 Å². The molecule has 2 N–H and O–H groups in total. The fraction of sp³-hybridized carbons (Fsp3) is 0.455. The van der Waals surface area contributed by atoms with Crippen molar-refractivity contribution < 1.29 is 17.9 Å². The molecule has 1 aromatic carbocycles. The summed E-state index contributed by atoms with van der Waals surface area (Å²) < 4.78 is 44.5. The summed E-state index contributed by atoms with van der Waals surface area (Å²) >= 11 is 0. The summed E-state index contributed by atoms with van der Waals surface area (Å²) in [5.74, 6) is 1.09. The quantitative estimate of drug-likeness (QED) is 0.461. The minimum Gasteiger partial charge on any atom is -0.493 e. The molecule has 1 unspecified atom stereocenters. The van der Waals surface area contributed by atoms with Gasteiger partial charge in [-0.05, 0) is 48.9 Å². The van der Waals surface area contributed by atoms with Crippen molar-refractivity contribution in [1.82, 2.24) is 0 Å². The molecule has 1 rings (SSSR count). The smallest absolute Gasteiger partial charge is 0.406 e. The Bertz CT molecular complexity index is 595. The molecule has 0 radical (unpaired) electrons. The maximum atomic E-state index is 12.9. The molecule has 158 valence electrons. The zero-order valence-corrected chi connectivity index (χ0v) is 17.1. The van der Waals surface area contributed by atoms with Crippen molar-refractivity contribution in [2.75, 3.05) is 18.1 Å². The summed E-state index contributed by atoms with van der Waals surface area (Å²) in [6, 6.07) is 6.67. The Morgan fingerprint density at radius 2 is 1.82 bits per heavy atom. The number of benzene rings is 1. The number of hydrogen-bond donors (Lipinski definition) is 1. The van der Waals surface area contributed by atoms with E-state index in [1.165, 1.54) is 11.1 Å². The van der Waals surface area contributed by atoms with Crippen molar-refractivity contribution in [3.05, 3.63) is 61.5 Å². The number of nitrogens with zero attached hydrogens (tertiary/aromatic N) is 1. The van der Waals surface area contributed by atoms with Crippen molar-refractivity contribution in [2.24, 2.45) is 11.7 Å². The van der Waals surface area contributed by atoms with E-state index in [-0.39, 0.29) is 0 Å². The van der Waals surface area contributed by atoms with Gasteiger partial charge >= 0.3 is 6.18 Å². The van der Waals surface area contributed by atoms with E-state index < -0.39 is 12.7 Å². The van der Waals surface area contributed by atoms with Gasteiger partial charge in [-0.1, -0.05) is 52.8 Å². The van der Waals surface area contributed by atoms with Crippen LogP contribution in [0.4, 0.5) is 18.9 Å². The van der Waals surface area contributed by atoms with Crippen LogP contribution in [0.3, 0.4) is 0 Å². The zero-order chi connectivity index (χ0) is 21.6. The number of unbranched alkanes of at least 4 members (excludes halogenated alkanes) is 1. The Balaban J connectivity index is 0.00000227. The molecule has 0 fully saturated rings. The molecule has 0 aliphatic heterocycles. The van der Waals surface area contributed by atoms with Crippen LogP contribution >= 0.6 is 0 Å². The molecule has 1 atom stereocenters. The van der Waals surface area contributed by atoms with E-state index in [0.29, 0.717) is 29.7 Å². The third-order valence-corrected chi connectivity index (χ3v) is 3.83. The third-order valence-electron chi connectivity index (χ3n) is 3.83. The van der Waals surface area contributed by atoms with Gasteiger partial charge in [0.05, 0.1) is 6.61 Å². The molecule has 0 amide bonds. The number of alkyl halides is 3. The highest BCUT2D eigenvalue weighted by Gasteiger charge is 2.31. The molecule has 0 aliphatic carbocycles. The summed E-state index contributed by atoms with van der Waals surface area (Å²) in [4.78, 5) is 1.17. The van der Waals surface area contributed by atoms with Crippen LogP contribution in [-0.2, 0) is 0 Å². The summed E-state index contributed by atoms with van der Waals surface area (Å²) in [5.41, 5.74) is 5.37. The minimum absolute atomic E-state index is 0.319. The highest BCUT2D eigenvalue weighted by atomic mass is 19.4. The lowest BCUT2D eigenvalue weighted by atomic mass is 10.1. The van der Waals surface area contributed by atoms with Crippen LogP contribution in [0.15, 0.2) is 61.5 Å². The van der Waals surface area contributed by atoms with Crippen molar-refractivity contribution in [1.29, 1.82) is 0 Å². The molecule has 0 heterocycles. The van der Waals surface area contributed by atoms with Crippen LogP contribution in [0.2, 0.25) is 0 Å². The first kappa shape index (κ1) is 25.6. The van der Waals surface area contributed by atoms with Crippen molar-refractivity contribution in [3.8, 4) is 5.75 Å². The number of anilines is 1. The lowest BCUT2D eigenvalue weighted by molar-refractivity contribution is -0.118. The molecule has 0 bridgehead atoms. The average molecular weight is 399 g/mol. The molecular formula is C22H33F3N2O. The second kappa shape index (κ2) is 13.7. The van der Waals surface area contributed by atoms with Gasteiger partial charge in [-0.2, -0.15) is 13.2 Å². The third kappa shape index (κ3) is 11.4. The molecule has 0 saturated carbocycles. The lowest BCUT2D eigenvalue weighted by Crippen LogP contribution is -2.32. The van der Waals surface area contributed by atoms with Crippen LogP contribution in [-0.4, -0.2) is 19.3 Å². The number of rotatable bonds is 10. The summed E-state index contributed by atoms with van der Waals surface area (Å²) in [6.07, 6.45) is 3.18. The van der Waals surface area contributed by atoms with Gasteiger partial charge in [0.1, 0.15) is 12.3 Å². The van der Waals surface area contributed by atoms with Gasteiger partial charge in [0.2, 0.25) is 0 Å². The van der Waals surface area contributed by atoms with Crippen LogP contribution < -0.4 is 15.4 Å². The van der Waals surface area contributed by atoms with Gasteiger partial charge in [-0.25, -0.2) is 0 Å². The fourth-order valence-electron chi connectivity index (χ4n) is 2.09. The van der Waals surface area contributed by atoms with Crippen LogP contribution in [0.5, 0.6) is 5.75 Å². The molecule has 3 nitrogen and oxygen atoms in total. The zero-order valence-electron chi connectivity index (χ0n) is 17.1. The molecule has 0 saturated heterocycles. The van der Waals surface area contributed by atoms with E-state index in [0.717, 1.165) is 19.3 Å². The Hall–Kier alpha value is -2.37. The highest BCUT2D eigenvalue weighted by molar-refractivity contribution is 5.55. The van der Waals surface area contributed by atoms with E-state index in [2.05, 4.69) is 32.7 Å². The predicted octanol–water partition coefficient (Wildman–Crippen LogP) is 6.44. The number of halogens is 3. The maximum absolute atomic E-state index is 12.9. The molecule has 0 aromatic heterocycles. The maximum Gasteiger partial charge on any atom is 0.406 e. The molecule has 0 aliphatic rings. The van der Waals surface area contributed by atoms with E-state index >= 15 is 0 Å². The van der Waals surface area contributed by atoms with Gasteiger partial charge in [0.15, 0.2) is 0 Å². The Kier molecular flexibility index (Phi) is 12.6. The van der Waals surface area contributed by atoms with Crippen LogP contribution in [0.25, 0.3) is 0 Å². The molecule has 0 spiro atoms. The Morgan fingerprint density at radius 1 is 1.25 bits per heavy atom. The fourth-order valence-corrected chi connectivity index (χ4v) is 2.09. The van der Waals surface area contributed by atoms with E-state index in [4.69, 9.17) is 4.74 Å². The van der Waals surface area contributed by atoms with E-state index in [9.17, 15) is 13.2 Å². The second-order valence-corrected chi connectivity index (χ2v) is 6.44. The number of allylic oxidation sites excluding steroid dienone is 2. The summed E-state index contributed by atoms with van der Waals surface area (Å²) in [7, 11) is 0. The van der Waals surface area contributed by atoms with Gasteiger partial charge in [0, 0.05) is 11.4 Å². The van der Waals surface area contributed by atoms with E-state index in [1.54, 1.807) is 30.3 Å². The Labute approximate surface area is 167 Å².